The van der Waals surface area contributed by atoms with Crippen LogP contribution in [0.1, 0.15) is 20.8 Å². The monoisotopic (exact) mass is 238 g/mol. The van der Waals surface area contributed by atoms with Crippen LogP contribution in [-0.2, 0) is 19.1 Å². The molecule has 17 heavy (non-hydrogen) atoms. The summed E-state index contributed by atoms with van der Waals surface area (Å²) in [5.74, 6) is -0.829. The standard InChI is InChI=1S/C13H18O4/c1-13(2,3)17-12(15)10-8-6-5-7-9-11(14)16-4/h5-10H,1-4H3. The van der Waals surface area contributed by atoms with Gasteiger partial charge in [0.15, 0.2) is 0 Å². The number of rotatable bonds is 4. The van der Waals surface area contributed by atoms with Gasteiger partial charge in [-0.25, -0.2) is 9.59 Å². The number of carbonyl (C=O) groups excluding carboxylic acids is 2. The Labute approximate surface area is 102 Å². The molecule has 0 N–H and O–H groups in total. The molecule has 94 valence electrons. The largest absolute Gasteiger partial charge is 0.466 e. The summed E-state index contributed by atoms with van der Waals surface area (Å²) in [5, 5.41) is 0. The Morgan fingerprint density at radius 3 is 1.76 bits per heavy atom. The van der Waals surface area contributed by atoms with Crippen molar-refractivity contribution < 1.29 is 19.1 Å². The molecule has 0 aromatic carbocycles. The average molecular weight is 238 g/mol. The molecule has 0 aromatic heterocycles. The number of hydrogen-bond acceptors (Lipinski definition) is 4. The summed E-state index contributed by atoms with van der Waals surface area (Å²) in [6, 6.07) is 0. The topological polar surface area (TPSA) is 52.6 Å². The first-order valence-electron chi connectivity index (χ1n) is 5.17. The summed E-state index contributed by atoms with van der Waals surface area (Å²) < 4.78 is 9.45. The van der Waals surface area contributed by atoms with Gasteiger partial charge in [-0.3, -0.25) is 0 Å². The molecule has 0 aromatic rings. The molecule has 0 aliphatic heterocycles. The predicted octanol–water partition coefficient (Wildman–Crippen LogP) is 2.17. The van der Waals surface area contributed by atoms with Gasteiger partial charge in [0.25, 0.3) is 0 Å². The van der Waals surface area contributed by atoms with Crippen molar-refractivity contribution in [2.45, 2.75) is 26.4 Å². The van der Waals surface area contributed by atoms with Crippen molar-refractivity contribution in [3.63, 3.8) is 0 Å². The van der Waals surface area contributed by atoms with E-state index in [4.69, 9.17) is 4.74 Å². The number of allylic oxidation sites excluding steroid dienone is 4. The average Bonchev–Trinajstić information content (AvgIpc) is 2.20. The third-order valence-electron chi connectivity index (χ3n) is 1.41. The molecule has 0 spiro atoms. The van der Waals surface area contributed by atoms with Gasteiger partial charge in [0, 0.05) is 12.2 Å². The third-order valence-corrected chi connectivity index (χ3v) is 1.41. The fraction of sp³-hybridized carbons (Fsp3) is 0.385. The maximum atomic E-state index is 11.2. The van der Waals surface area contributed by atoms with Crippen LogP contribution in [0.4, 0.5) is 0 Å². The maximum Gasteiger partial charge on any atom is 0.331 e. The van der Waals surface area contributed by atoms with Crippen molar-refractivity contribution in [1.29, 1.82) is 0 Å². The van der Waals surface area contributed by atoms with E-state index in [2.05, 4.69) is 4.74 Å². The highest BCUT2D eigenvalue weighted by atomic mass is 16.6. The molecule has 0 radical (unpaired) electrons. The first kappa shape index (κ1) is 15.2. The van der Waals surface area contributed by atoms with Crippen LogP contribution in [0.2, 0.25) is 0 Å². The molecule has 0 amide bonds. The van der Waals surface area contributed by atoms with Crippen molar-refractivity contribution in [3.8, 4) is 0 Å². The van der Waals surface area contributed by atoms with Gasteiger partial charge in [-0.05, 0) is 20.8 Å². The highest BCUT2D eigenvalue weighted by Crippen LogP contribution is 2.06. The summed E-state index contributed by atoms with van der Waals surface area (Å²) in [4.78, 5) is 21.9. The number of hydrogen-bond donors (Lipinski definition) is 0. The molecule has 0 saturated carbocycles. The second-order valence-corrected chi connectivity index (χ2v) is 4.16. The highest BCUT2D eigenvalue weighted by Gasteiger charge is 2.13. The van der Waals surface area contributed by atoms with Crippen LogP contribution in [-0.4, -0.2) is 24.6 Å². The highest BCUT2D eigenvalue weighted by molar-refractivity contribution is 5.83. The fourth-order valence-electron chi connectivity index (χ4n) is 0.800. The van der Waals surface area contributed by atoms with Crippen LogP contribution in [0.3, 0.4) is 0 Å². The molecule has 0 aliphatic rings. The Hall–Kier alpha value is -1.84. The minimum Gasteiger partial charge on any atom is -0.466 e. The van der Waals surface area contributed by atoms with E-state index in [1.54, 1.807) is 32.9 Å². The van der Waals surface area contributed by atoms with Gasteiger partial charge in [-0.2, -0.15) is 0 Å². The van der Waals surface area contributed by atoms with Crippen molar-refractivity contribution in [1.82, 2.24) is 0 Å². The first-order valence-corrected chi connectivity index (χ1v) is 5.17. The van der Waals surface area contributed by atoms with Gasteiger partial charge in [-0.15, -0.1) is 0 Å². The van der Waals surface area contributed by atoms with Gasteiger partial charge in [-0.1, -0.05) is 24.3 Å². The van der Waals surface area contributed by atoms with E-state index in [1.807, 2.05) is 0 Å². The van der Waals surface area contributed by atoms with Gasteiger partial charge in [0.2, 0.25) is 0 Å². The summed E-state index contributed by atoms with van der Waals surface area (Å²) >= 11 is 0. The lowest BCUT2D eigenvalue weighted by atomic mass is 10.2. The van der Waals surface area contributed by atoms with Crippen molar-refractivity contribution >= 4 is 11.9 Å². The summed E-state index contributed by atoms with van der Waals surface area (Å²) in [5.41, 5.74) is -0.490. The zero-order valence-electron chi connectivity index (χ0n) is 10.6. The van der Waals surface area contributed by atoms with Crippen LogP contribution in [0, 0.1) is 0 Å². The molecule has 0 unspecified atom stereocenters. The summed E-state index contributed by atoms with van der Waals surface area (Å²) in [7, 11) is 1.30. The number of carbonyl (C=O) groups is 2. The van der Waals surface area contributed by atoms with E-state index in [1.165, 1.54) is 31.4 Å². The number of ether oxygens (including phenoxy) is 2. The van der Waals surface area contributed by atoms with E-state index >= 15 is 0 Å². The zero-order valence-corrected chi connectivity index (χ0v) is 10.6. The maximum absolute atomic E-state index is 11.2. The quantitative estimate of drug-likeness (QED) is 0.428. The normalized spacial score (nSPS) is 12.5. The van der Waals surface area contributed by atoms with E-state index in [-0.39, 0.29) is 0 Å². The zero-order chi connectivity index (χ0) is 13.3. The minimum absolute atomic E-state index is 0.404. The second kappa shape index (κ2) is 7.44. The van der Waals surface area contributed by atoms with Crippen molar-refractivity contribution in [2.24, 2.45) is 0 Å². The smallest absolute Gasteiger partial charge is 0.331 e. The Balaban J connectivity index is 4.03. The third kappa shape index (κ3) is 10.4. The van der Waals surface area contributed by atoms with Crippen molar-refractivity contribution in [2.75, 3.05) is 7.11 Å². The number of esters is 2. The fourth-order valence-corrected chi connectivity index (χ4v) is 0.800. The molecule has 0 rings (SSSR count). The van der Waals surface area contributed by atoms with Crippen molar-refractivity contribution in [3.05, 3.63) is 36.5 Å². The molecule has 0 bridgehead atoms. The molecule has 0 heterocycles. The summed E-state index contributed by atoms with van der Waals surface area (Å²) in [6.45, 7) is 5.40. The lowest BCUT2D eigenvalue weighted by Crippen LogP contribution is -2.22. The molecule has 0 aliphatic carbocycles. The predicted molar refractivity (Wildman–Crippen MR) is 65.3 cm³/mol. The minimum atomic E-state index is -0.490. The molecule has 4 heteroatoms. The number of methoxy groups -OCH3 is 1. The lowest BCUT2D eigenvalue weighted by molar-refractivity contribution is -0.148. The van der Waals surface area contributed by atoms with E-state index in [0.29, 0.717) is 0 Å². The van der Waals surface area contributed by atoms with Crippen LogP contribution in [0.5, 0.6) is 0 Å². The molecule has 0 saturated heterocycles. The van der Waals surface area contributed by atoms with E-state index in [9.17, 15) is 9.59 Å². The van der Waals surface area contributed by atoms with E-state index in [0.717, 1.165) is 0 Å². The Morgan fingerprint density at radius 1 is 0.882 bits per heavy atom. The van der Waals surface area contributed by atoms with E-state index < -0.39 is 17.5 Å². The molecule has 4 nitrogen and oxygen atoms in total. The Morgan fingerprint density at radius 2 is 1.35 bits per heavy atom. The van der Waals surface area contributed by atoms with Gasteiger partial charge >= 0.3 is 11.9 Å². The molecule has 0 fully saturated rings. The van der Waals surface area contributed by atoms with Crippen LogP contribution < -0.4 is 0 Å². The van der Waals surface area contributed by atoms with Gasteiger partial charge in [0.05, 0.1) is 7.11 Å². The Bertz CT molecular complexity index is 343. The SMILES string of the molecule is COC(=O)C=CC=CC=CC(=O)OC(C)(C)C. The summed E-state index contributed by atoms with van der Waals surface area (Å²) in [6.07, 6.45) is 8.87. The molecule has 0 atom stereocenters. The lowest BCUT2D eigenvalue weighted by Gasteiger charge is -2.17. The first-order chi connectivity index (χ1) is 7.85. The second-order valence-electron chi connectivity index (χ2n) is 4.16. The van der Waals surface area contributed by atoms with Gasteiger partial charge < -0.3 is 9.47 Å². The van der Waals surface area contributed by atoms with Crippen LogP contribution >= 0.6 is 0 Å². The molecular formula is C13H18O4. The van der Waals surface area contributed by atoms with Crippen LogP contribution in [0.15, 0.2) is 36.5 Å². The van der Waals surface area contributed by atoms with Crippen LogP contribution in [0.25, 0.3) is 0 Å². The van der Waals surface area contributed by atoms with Gasteiger partial charge in [0.1, 0.15) is 5.60 Å². The Kier molecular flexibility index (Phi) is 6.63. The molecular weight excluding hydrogens is 220 g/mol.